The average Bonchev–Trinajstić information content (AvgIpc) is 3.18. The van der Waals surface area contributed by atoms with E-state index in [9.17, 15) is 14.4 Å². The number of carbonyl (C=O) groups is 3. The first kappa shape index (κ1) is 14.0. The molecule has 1 aliphatic carbocycles. The number of amides is 1. The number of hydrogen-bond acceptors (Lipinski definition) is 3. The highest BCUT2D eigenvalue weighted by Gasteiger charge is 2.44. The van der Waals surface area contributed by atoms with Crippen molar-refractivity contribution < 1.29 is 24.6 Å². The van der Waals surface area contributed by atoms with Gasteiger partial charge in [0, 0.05) is 5.92 Å². The molecule has 1 aromatic carbocycles. The van der Waals surface area contributed by atoms with Gasteiger partial charge < -0.3 is 15.5 Å². The molecule has 2 unspecified atom stereocenters. The van der Waals surface area contributed by atoms with E-state index >= 15 is 0 Å². The van der Waals surface area contributed by atoms with Crippen molar-refractivity contribution in [3.8, 4) is 0 Å². The minimum atomic E-state index is -1.38. The largest absolute Gasteiger partial charge is 0.481 e. The number of carboxylic acids is 2. The molecule has 0 radical (unpaired) electrons. The summed E-state index contributed by atoms with van der Waals surface area (Å²) in [6, 6.07) is 8.11. The van der Waals surface area contributed by atoms with E-state index < -0.39 is 30.3 Å². The first-order valence-corrected chi connectivity index (χ1v) is 6.29. The zero-order chi connectivity index (χ0) is 14.7. The third kappa shape index (κ3) is 3.34. The van der Waals surface area contributed by atoms with E-state index in [4.69, 9.17) is 10.2 Å². The normalized spacial score (nSPS) is 21.8. The Morgan fingerprint density at radius 2 is 1.85 bits per heavy atom. The van der Waals surface area contributed by atoms with E-state index in [1.807, 2.05) is 30.3 Å². The second-order valence-corrected chi connectivity index (χ2v) is 4.86. The first-order chi connectivity index (χ1) is 9.49. The van der Waals surface area contributed by atoms with Gasteiger partial charge in [-0.05, 0) is 17.9 Å². The molecular formula is C14H15NO5. The number of aliphatic carboxylic acids is 2. The molecule has 6 heteroatoms. The summed E-state index contributed by atoms with van der Waals surface area (Å²) in [6.07, 6.45) is 0.0407. The van der Waals surface area contributed by atoms with Crippen molar-refractivity contribution >= 4 is 17.8 Å². The van der Waals surface area contributed by atoms with Crippen molar-refractivity contribution in [2.75, 3.05) is 0 Å². The van der Waals surface area contributed by atoms with Gasteiger partial charge in [0.1, 0.15) is 6.04 Å². The highest BCUT2D eigenvalue weighted by Crippen LogP contribution is 2.47. The molecule has 1 amide bonds. The van der Waals surface area contributed by atoms with Crippen LogP contribution >= 0.6 is 0 Å². The summed E-state index contributed by atoms with van der Waals surface area (Å²) in [5.74, 6) is -3.17. The summed E-state index contributed by atoms with van der Waals surface area (Å²) in [6.45, 7) is 0. The Labute approximate surface area is 115 Å². The van der Waals surface area contributed by atoms with Gasteiger partial charge in [-0.2, -0.15) is 0 Å². The minimum absolute atomic E-state index is 0.0930. The van der Waals surface area contributed by atoms with Crippen LogP contribution in [0.2, 0.25) is 0 Å². The lowest BCUT2D eigenvalue weighted by atomic mass is 10.1. The Kier molecular flexibility index (Phi) is 4.02. The maximum Gasteiger partial charge on any atom is 0.326 e. The van der Waals surface area contributed by atoms with Crippen LogP contribution in [0.15, 0.2) is 30.3 Å². The molecular weight excluding hydrogens is 262 g/mol. The Morgan fingerprint density at radius 3 is 2.40 bits per heavy atom. The van der Waals surface area contributed by atoms with Crippen molar-refractivity contribution in [3.05, 3.63) is 35.9 Å². The maximum absolute atomic E-state index is 11.9. The van der Waals surface area contributed by atoms with Crippen molar-refractivity contribution in [1.82, 2.24) is 5.32 Å². The summed E-state index contributed by atoms with van der Waals surface area (Å²) in [5, 5.41) is 19.8. The van der Waals surface area contributed by atoms with Gasteiger partial charge in [-0.15, -0.1) is 0 Å². The monoisotopic (exact) mass is 277 g/mol. The van der Waals surface area contributed by atoms with Crippen molar-refractivity contribution in [3.63, 3.8) is 0 Å². The van der Waals surface area contributed by atoms with Gasteiger partial charge in [0.2, 0.25) is 5.91 Å². The third-order valence-electron chi connectivity index (χ3n) is 3.35. The van der Waals surface area contributed by atoms with Gasteiger partial charge in [-0.25, -0.2) is 4.79 Å². The molecule has 0 heterocycles. The van der Waals surface area contributed by atoms with E-state index in [0.717, 1.165) is 5.56 Å². The molecule has 2 rings (SSSR count). The summed E-state index contributed by atoms with van der Waals surface area (Å²) in [7, 11) is 0. The van der Waals surface area contributed by atoms with Crippen LogP contribution in [0.4, 0.5) is 0 Å². The minimum Gasteiger partial charge on any atom is -0.481 e. The molecule has 0 aliphatic heterocycles. The predicted octanol–water partition coefficient (Wildman–Crippen LogP) is 0.834. The standard InChI is InChI=1S/C14H15NO5/c16-12(17)7-11(14(19)20)15-13(18)10-6-9(10)8-4-2-1-3-5-8/h1-5,9-11H,6-7H2,(H,15,18)(H,16,17)(H,19,20)/t9?,10?,11-/m0/s1. The topological polar surface area (TPSA) is 104 Å². The van der Waals surface area contributed by atoms with Crippen LogP contribution in [0.3, 0.4) is 0 Å². The van der Waals surface area contributed by atoms with Gasteiger partial charge in [0.25, 0.3) is 0 Å². The average molecular weight is 277 g/mol. The number of carboxylic acid groups (broad SMARTS) is 2. The van der Waals surface area contributed by atoms with Crippen molar-refractivity contribution in [2.45, 2.75) is 24.8 Å². The zero-order valence-corrected chi connectivity index (χ0v) is 10.7. The number of nitrogens with one attached hydrogen (secondary N) is 1. The molecule has 106 valence electrons. The zero-order valence-electron chi connectivity index (χ0n) is 10.7. The summed E-state index contributed by atoms with van der Waals surface area (Å²) < 4.78 is 0. The van der Waals surface area contributed by atoms with Gasteiger partial charge in [0.15, 0.2) is 0 Å². The Balaban J connectivity index is 1.93. The van der Waals surface area contributed by atoms with Gasteiger partial charge in [0.05, 0.1) is 6.42 Å². The molecule has 20 heavy (non-hydrogen) atoms. The van der Waals surface area contributed by atoms with E-state index in [1.165, 1.54) is 0 Å². The van der Waals surface area contributed by atoms with E-state index in [0.29, 0.717) is 6.42 Å². The molecule has 1 aliphatic rings. The van der Waals surface area contributed by atoms with Gasteiger partial charge >= 0.3 is 11.9 Å². The third-order valence-corrected chi connectivity index (χ3v) is 3.35. The van der Waals surface area contributed by atoms with Crippen LogP contribution in [-0.2, 0) is 14.4 Å². The van der Waals surface area contributed by atoms with E-state index in [-0.39, 0.29) is 11.8 Å². The number of hydrogen-bond donors (Lipinski definition) is 3. The quantitative estimate of drug-likeness (QED) is 0.714. The lowest BCUT2D eigenvalue weighted by Crippen LogP contribution is -2.43. The summed E-state index contributed by atoms with van der Waals surface area (Å²) >= 11 is 0. The van der Waals surface area contributed by atoms with Crippen LogP contribution in [-0.4, -0.2) is 34.1 Å². The number of benzene rings is 1. The molecule has 1 saturated carbocycles. The molecule has 0 saturated heterocycles. The maximum atomic E-state index is 11.9. The van der Waals surface area contributed by atoms with Crippen LogP contribution in [0, 0.1) is 5.92 Å². The lowest BCUT2D eigenvalue weighted by Gasteiger charge is -2.12. The van der Waals surface area contributed by atoms with E-state index in [1.54, 1.807) is 0 Å². The highest BCUT2D eigenvalue weighted by atomic mass is 16.4. The molecule has 3 N–H and O–H groups in total. The second-order valence-electron chi connectivity index (χ2n) is 4.86. The van der Waals surface area contributed by atoms with Gasteiger partial charge in [-0.1, -0.05) is 30.3 Å². The van der Waals surface area contributed by atoms with Gasteiger partial charge in [-0.3, -0.25) is 9.59 Å². The molecule has 0 bridgehead atoms. The molecule has 1 aromatic rings. The molecule has 1 fully saturated rings. The fraction of sp³-hybridized carbons (Fsp3) is 0.357. The highest BCUT2D eigenvalue weighted by molar-refractivity contribution is 5.89. The second kappa shape index (κ2) is 5.73. The van der Waals surface area contributed by atoms with Crippen LogP contribution in [0.1, 0.15) is 24.3 Å². The Bertz CT molecular complexity index is 528. The Morgan fingerprint density at radius 1 is 1.20 bits per heavy atom. The molecule has 3 atom stereocenters. The molecule has 0 spiro atoms. The lowest BCUT2D eigenvalue weighted by molar-refractivity contribution is -0.147. The number of rotatable bonds is 6. The Hall–Kier alpha value is -2.37. The fourth-order valence-corrected chi connectivity index (χ4v) is 2.21. The first-order valence-electron chi connectivity index (χ1n) is 6.29. The summed E-state index contributed by atoms with van der Waals surface area (Å²) in [4.78, 5) is 33.4. The van der Waals surface area contributed by atoms with Crippen LogP contribution in [0.5, 0.6) is 0 Å². The van der Waals surface area contributed by atoms with Crippen molar-refractivity contribution in [2.24, 2.45) is 5.92 Å². The molecule has 0 aromatic heterocycles. The number of carbonyl (C=O) groups excluding carboxylic acids is 1. The van der Waals surface area contributed by atoms with Crippen LogP contribution < -0.4 is 5.32 Å². The van der Waals surface area contributed by atoms with E-state index in [2.05, 4.69) is 5.32 Å². The molecule has 6 nitrogen and oxygen atoms in total. The summed E-state index contributed by atoms with van der Waals surface area (Å²) in [5.41, 5.74) is 1.04. The van der Waals surface area contributed by atoms with Crippen LogP contribution in [0.25, 0.3) is 0 Å². The predicted molar refractivity (Wildman–Crippen MR) is 69.1 cm³/mol. The van der Waals surface area contributed by atoms with Crippen molar-refractivity contribution in [1.29, 1.82) is 0 Å². The fourth-order valence-electron chi connectivity index (χ4n) is 2.21. The SMILES string of the molecule is O=C(O)C[C@H](NC(=O)C1CC1c1ccccc1)C(=O)O. The smallest absolute Gasteiger partial charge is 0.326 e.